The highest BCUT2D eigenvalue weighted by atomic mass is 32.2. The molecule has 1 N–H and O–H groups in total. The Morgan fingerprint density at radius 1 is 1.20 bits per heavy atom. The van der Waals surface area contributed by atoms with E-state index in [0.717, 1.165) is 4.90 Å². The van der Waals surface area contributed by atoms with Crippen molar-refractivity contribution in [2.75, 3.05) is 6.61 Å². The number of rotatable bonds is 3. The Labute approximate surface area is 122 Å². The summed E-state index contributed by atoms with van der Waals surface area (Å²) in [6.07, 6.45) is 0. The van der Waals surface area contributed by atoms with E-state index in [2.05, 4.69) is 17.9 Å². The summed E-state index contributed by atoms with van der Waals surface area (Å²) in [5.41, 5.74) is 2.44. The molecule has 0 saturated heterocycles. The first-order valence-electron chi connectivity index (χ1n) is 6.26. The minimum Gasteiger partial charge on any atom is -0.384 e. The fraction of sp³-hybridized carbons (Fsp3) is 0.176. The van der Waals surface area contributed by atoms with Crippen molar-refractivity contribution in [2.24, 2.45) is 0 Å². The van der Waals surface area contributed by atoms with Gasteiger partial charge in [0.15, 0.2) is 0 Å². The average Bonchev–Trinajstić information content (AvgIpc) is 2.44. The Kier molecular flexibility index (Phi) is 5.23. The molecule has 0 bridgehead atoms. The molecule has 2 aromatic rings. The van der Waals surface area contributed by atoms with Crippen molar-refractivity contribution >= 4 is 11.8 Å². The highest BCUT2D eigenvalue weighted by Gasteiger charge is 2.04. The van der Waals surface area contributed by atoms with Crippen molar-refractivity contribution in [1.29, 1.82) is 0 Å². The van der Waals surface area contributed by atoms with E-state index in [1.807, 2.05) is 25.1 Å². The van der Waals surface area contributed by atoms with Crippen LogP contribution in [0.3, 0.4) is 0 Å². The summed E-state index contributed by atoms with van der Waals surface area (Å²) in [4.78, 5) is 1.13. The summed E-state index contributed by atoms with van der Waals surface area (Å²) < 4.78 is 13.9. The van der Waals surface area contributed by atoms with Gasteiger partial charge >= 0.3 is 0 Å². The van der Waals surface area contributed by atoms with Crippen molar-refractivity contribution in [1.82, 2.24) is 0 Å². The predicted octanol–water partition coefficient (Wildman–Crippen LogP) is 3.77. The minimum atomic E-state index is -0.255. The maximum atomic E-state index is 13.9. The molecule has 1 nitrogen and oxygen atoms in total. The molecule has 0 aliphatic heterocycles. The molecule has 0 aliphatic rings. The van der Waals surface area contributed by atoms with Crippen LogP contribution in [0.15, 0.2) is 47.4 Å². The van der Waals surface area contributed by atoms with Gasteiger partial charge < -0.3 is 5.11 Å². The van der Waals surface area contributed by atoms with Gasteiger partial charge in [-0.25, -0.2) is 4.39 Å². The summed E-state index contributed by atoms with van der Waals surface area (Å²) in [6.45, 7) is 1.83. The van der Waals surface area contributed by atoms with Gasteiger partial charge in [0.2, 0.25) is 0 Å². The van der Waals surface area contributed by atoms with E-state index in [0.29, 0.717) is 16.9 Å². The fourth-order valence-electron chi connectivity index (χ4n) is 1.75. The second-order valence-electron chi connectivity index (χ2n) is 4.37. The van der Waals surface area contributed by atoms with E-state index in [1.54, 1.807) is 23.9 Å². The van der Waals surface area contributed by atoms with E-state index in [-0.39, 0.29) is 12.4 Å². The van der Waals surface area contributed by atoms with Crippen molar-refractivity contribution in [3.63, 3.8) is 0 Å². The molecule has 2 aromatic carbocycles. The lowest BCUT2D eigenvalue weighted by molar-refractivity contribution is 0.350. The third kappa shape index (κ3) is 4.12. The number of thioether (sulfide) groups is 1. The molecular weight excluding hydrogens is 271 g/mol. The lowest BCUT2D eigenvalue weighted by Gasteiger charge is -2.05. The van der Waals surface area contributed by atoms with Gasteiger partial charge in [-0.05, 0) is 36.8 Å². The predicted molar refractivity (Wildman–Crippen MR) is 81.1 cm³/mol. The minimum absolute atomic E-state index is 0.216. The van der Waals surface area contributed by atoms with Crippen molar-refractivity contribution in [3.05, 3.63) is 65.0 Å². The van der Waals surface area contributed by atoms with Gasteiger partial charge in [0, 0.05) is 16.2 Å². The summed E-state index contributed by atoms with van der Waals surface area (Å²) in [7, 11) is 0. The van der Waals surface area contributed by atoms with Crippen LogP contribution in [0.4, 0.5) is 4.39 Å². The number of hydrogen-bond acceptors (Lipinski definition) is 2. The highest BCUT2D eigenvalue weighted by molar-refractivity contribution is 7.98. The van der Waals surface area contributed by atoms with E-state index in [9.17, 15) is 4.39 Å². The van der Waals surface area contributed by atoms with E-state index < -0.39 is 0 Å². The van der Waals surface area contributed by atoms with E-state index >= 15 is 0 Å². The standard InChI is InChI=1S/C17H15FOS/c1-13-4-2-6-16(10-13)20-12-15-8-7-14(5-3-9-19)11-17(15)18/h2,4,6-8,10-11,19H,9,12H2,1H3. The van der Waals surface area contributed by atoms with E-state index in [1.165, 1.54) is 11.6 Å². The summed E-state index contributed by atoms with van der Waals surface area (Å²) in [5, 5.41) is 8.61. The van der Waals surface area contributed by atoms with Crippen LogP contribution < -0.4 is 0 Å². The first kappa shape index (κ1) is 14.6. The molecule has 0 atom stereocenters. The van der Waals surface area contributed by atoms with Gasteiger partial charge in [0.05, 0.1) is 0 Å². The molecular formula is C17H15FOS. The van der Waals surface area contributed by atoms with Crippen LogP contribution in [0.2, 0.25) is 0 Å². The Hall–Kier alpha value is -1.76. The van der Waals surface area contributed by atoms with Crippen LogP contribution in [0, 0.1) is 24.6 Å². The number of aryl methyl sites for hydroxylation is 1. The molecule has 102 valence electrons. The van der Waals surface area contributed by atoms with Crippen LogP contribution in [-0.2, 0) is 5.75 Å². The van der Waals surface area contributed by atoms with Gasteiger partial charge in [-0.1, -0.05) is 35.6 Å². The summed E-state index contributed by atoms with van der Waals surface area (Å²) in [5.74, 6) is 5.54. The fourth-order valence-corrected chi connectivity index (χ4v) is 2.75. The van der Waals surface area contributed by atoms with Gasteiger partial charge in [0.1, 0.15) is 12.4 Å². The van der Waals surface area contributed by atoms with Gasteiger partial charge in [-0.15, -0.1) is 11.8 Å². The number of benzene rings is 2. The first-order chi connectivity index (χ1) is 9.69. The van der Waals surface area contributed by atoms with E-state index in [4.69, 9.17) is 5.11 Å². The molecule has 0 aromatic heterocycles. The molecule has 0 saturated carbocycles. The lowest BCUT2D eigenvalue weighted by atomic mass is 10.1. The molecule has 0 aliphatic carbocycles. The topological polar surface area (TPSA) is 20.2 Å². The Bertz CT molecular complexity index is 656. The number of hydrogen-bond donors (Lipinski definition) is 1. The molecule has 0 spiro atoms. The molecule has 3 heteroatoms. The van der Waals surface area contributed by atoms with Crippen molar-refractivity contribution < 1.29 is 9.50 Å². The zero-order chi connectivity index (χ0) is 14.4. The lowest BCUT2D eigenvalue weighted by Crippen LogP contribution is -1.89. The van der Waals surface area contributed by atoms with Crippen LogP contribution in [-0.4, -0.2) is 11.7 Å². The second-order valence-corrected chi connectivity index (χ2v) is 5.42. The van der Waals surface area contributed by atoms with Crippen LogP contribution >= 0.6 is 11.8 Å². The smallest absolute Gasteiger partial charge is 0.128 e. The largest absolute Gasteiger partial charge is 0.384 e. The maximum Gasteiger partial charge on any atom is 0.128 e. The molecule has 0 fully saturated rings. The SMILES string of the molecule is Cc1cccc(SCc2ccc(C#CCO)cc2F)c1. The zero-order valence-corrected chi connectivity index (χ0v) is 12.0. The normalized spacial score (nSPS) is 9.95. The third-order valence-corrected chi connectivity index (χ3v) is 3.79. The molecule has 2 rings (SSSR count). The summed E-state index contributed by atoms with van der Waals surface area (Å²) >= 11 is 1.61. The summed E-state index contributed by atoms with van der Waals surface area (Å²) in [6, 6.07) is 13.1. The van der Waals surface area contributed by atoms with Crippen molar-refractivity contribution in [3.8, 4) is 11.8 Å². The third-order valence-electron chi connectivity index (χ3n) is 2.75. The molecule has 20 heavy (non-hydrogen) atoms. The maximum absolute atomic E-state index is 13.9. The van der Waals surface area contributed by atoms with Crippen LogP contribution in [0.25, 0.3) is 0 Å². The molecule has 0 amide bonds. The molecule has 0 heterocycles. The average molecular weight is 286 g/mol. The Morgan fingerprint density at radius 2 is 2.05 bits per heavy atom. The van der Waals surface area contributed by atoms with Crippen LogP contribution in [0.1, 0.15) is 16.7 Å². The van der Waals surface area contributed by atoms with Gasteiger partial charge in [-0.2, -0.15) is 0 Å². The Morgan fingerprint density at radius 3 is 2.75 bits per heavy atom. The number of aliphatic hydroxyl groups is 1. The first-order valence-corrected chi connectivity index (χ1v) is 7.25. The van der Waals surface area contributed by atoms with Gasteiger partial charge in [0.25, 0.3) is 0 Å². The quantitative estimate of drug-likeness (QED) is 0.684. The van der Waals surface area contributed by atoms with Gasteiger partial charge in [-0.3, -0.25) is 0 Å². The monoisotopic (exact) mass is 286 g/mol. The molecule has 0 unspecified atom stereocenters. The van der Waals surface area contributed by atoms with Crippen LogP contribution in [0.5, 0.6) is 0 Å². The Balaban J connectivity index is 2.06. The highest BCUT2D eigenvalue weighted by Crippen LogP contribution is 2.25. The molecule has 0 radical (unpaired) electrons. The number of halogens is 1. The second kappa shape index (κ2) is 7.14. The zero-order valence-electron chi connectivity index (χ0n) is 11.2. The van der Waals surface area contributed by atoms with Crippen molar-refractivity contribution in [2.45, 2.75) is 17.6 Å². The number of aliphatic hydroxyl groups excluding tert-OH is 1.